The molecule has 0 unspecified atom stereocenters. The number of amides is 1. The molecule has 0 bridgehead atoms. The first-order valence-electron chi connectivity index (χ1n) is 10.2. The zero-order chi connectivity index (χ0) is 22.2. The van der Waals surface area contributed by atoms with Crippen molar-refractivity contribution < 1.29 is 13.2 Å². The van der Waals surface area contributed by atoms with Gasteiger partial charge in [-0.2, -0.15) is 9.40 Å². The van der Waals surface area contributed by atoms with Crippen LogP contribution in [0.25, 0.3) is 0 Å². The molecule has 3 aromatic rings. The van der Waals surface area contributed by atoms with E-state index in [1.165, 1.54) is 10.6 Å². The van der Waals surface area contributed by atoms with E-state index in [0.29, 0.717) is 18.5 Å². The number of nitrogens with zero attached hydrogens (tertiary/aromatic N) is 4. The first kappa shape index (κ1) is 21.3. The minimum absolute atomic E-state index is 0.124. The Morgan fingerprint density at radius 3 is 2.42 bits per heavy atom. The summed E-state index contributed by atoms with van der Waals surface area (Å²) in [6.45, 7) is 2.96. The van der Waals surface area contributed by atoms with Crippen LogP contribution in [0.1, 0.15) is 32.9 Å². The lowest BCUT2D eigenvalue weighted by Crippen LogP contribution is -2.36. The summed E-state index contributed by atoms with van der Waals surface area (Å²) >= 11 is 0. The molecule has 0 atom stereocenters. The Balaban J connectivity index is 1.72. The van der Waals surface area contributed by atoms with Gasteiger partial charge in [-0.15, -0.1) is 0 Å². The summed E-state index contributed by atoms with van der Waals surface area (Å²) in [5.41, 5.74) is 5.07. The number of aryl methyl sites for hydroxylation is 2. The van der Waals surface area contributed by atoms with Crippen LogP contribution in [0.5, 0.6) is 0 Å². The number of sulfonamides is 1. The van der Waals surface area contributed by atoms with Gasteiger partial charge in [-0.25, -0.2) is 8.42 Å². The van der Waals surface area contributed by atoms with Crippen LogP contribution in [-0.2, 0) is 36.6 Å². The van der Waals surface area contributed by atoms with Crippen LogP contribution in [0.2, 0.25) is 0 Å². The highest BCUT2D eigenvalue weighted by Gasteiger charge is 2.30. The molecule has 0 spiro atoms. The molecule has 1 aliphatic heterocycles. The average molecular weight is 439 g/mol. The molecule has 162 valence electrons. The second-order valence-electron chi connectivity index (χ2n) is 7.93. The third-order valence-corrected chi connectivity index (χ3v) is 6.93. The van der Waals surface area contributed by atoms with Crippen molar-refractivity contribution in [2.45, 2.75) is 26.4 Å². The molecule has 31 heavy (non-hydrogen) atoms. The summed E-state index contributed by atoms with van der Waals surface area (Å²) in [5, 5.41) is 4.67. The summed E-state index contributed by atoms with van der Waals surface area (Å²) in [7, 11) is -1.44. The Kier molecular flexibility index (Phi) is 5.68. The molecule has 0 aliphatic carbocycles. The van der Waals surface area contributed by atoms with E-state index in [9.17, 15) is 13.2 Å². The fraction of sp³-hybridized carbons (Fsp3) is 0.304. The lowest BCUT2D eigenvalue weighted by Gasteiger charge is -2.27. The lowest BCUT2D eigenvalue weighted by molar-refractivity contribution is 0.0984. The number of benzene rings is 2. The van der Waals surface area contributed by atoms with Crippen LogP contribution in [0.15, 0.2) is 54.6 Å². The Morgan fingerprint density at radius 1 is 1.10 bits per heavy atom. The largest absolute Gasteiger partial charge is 0.302 e. The minimum Gasteiger partial charge on any atom is -0.302 e. The van der Waals surface area contributed by atoms with Crippen molar-refractivity contribution in [2.24, 2.45) is 7.05 Å². The molecule has 8 heteroatoms. The Morgan fingerprint density at radius 2 is 1.77 bits per heavy atom. The number of anilines is 1. The highest BCUT2D eigenvalue weighted by atomic mass is 32.2. The van der Waals surface area contributed by atoms with Crippen LogP contribution in [0, 0.1) is 6.92 Å². The molecule has 0 radical (unpaired) electrons. The molecule has 0 saturated heterocycles. The molecule has 0 N–H and O–H groups in total. The van der Waals surface area contributed by atoms with Gasteiger partial charge in [-0.1, -0.05) is 35.9 Å². The molecule has 1 aliphatic rings. The van der Waals surface area contributed by atoms with Gasteiger partial charge in [0.15, 0.2) is 0 Å². The highest BCUT2D eigenvalue weighted by molar-refractivity contribution is 7.88. The van der Waals surface area contributed by atoms with Crippen LogP contribution < -0.4 is 4.90 Å². The molecule has 2 aromatic carbocycles. The maximum atomic E-state index is 13.4. The van der Waals surface area contributed by atoms with Gasteiger partial charge < -0.3 is 4.90 Å². The van der Waals surface area contributed by atoms with Gasteiger partial charge in [0.1, 0.15) is 0 Å². The monoisotopic (exact) mass is 438 g/mol. The van der Waals surface area contributed by atoms with Crippen molar-refractivity contribution in [1.29, 1.82) is 0 Å². The Labute approximate surface area is 183 Å². The van der Waals surface area contributed by atoms with Crippen molar-refractivity contribution in [1.82, 2.24) is 14.1 Å². The molecule has 0 fully saturated rings. The van der Waals surface area contributed by atoms with E-state index in [0.717, 1.165) is 28.2 Å². The first-order valence-corrected chi connectivity index (χ1v) is 12.0. The third-order valence-electron chi connectivity index (χ3n) is 5.68. The Hall–Kier alpha value is -2.97. The van der Waals surface area contributed by atoms with Gasteiger partial charge in [0.05, 0.1) is 18.5 Å². The van der Waals surface area contributed by atoms with Gasteiger partial charge in [0.2, 0.25) is 10.0 Å². The number of rotatable bonds is 5. The molecule has 7 nitrogen and oxygen atoms in total. The molecule has 1 aromatic heterocycles. The first-order chi connectivity index (χ1) is 14.7. The smallest absolute Gasteiger partial charge is 0.258 e. The summed E-state index contributed by atoms with van der Waals surface area (Å²) in [4.78, 5) is 15.1. The summed E-state index contributed by atoms with van der Waals surface area (Å²) in [5.74, 6) is -0.124. The van der Waals surface area contributed by atoms with Crippen LogP contribution in [-0.4, -0.2) is 41.2 Å². The number of hydrogen-bond donors (Lipinski definition) is 0. The van der Waals surface area contributed by atoms with E-state index in [1.807, 2.05) is 73.3 Å². The molecule has 2 heterocycles. The topological polar surface area (TPSA) is 75.5 Å². The number of carbonyl (C=O) groups excluding carboxylic acids is 1. The van der Waals surface area contributed by atoms with Gasteiger partial charge >= 0.3 is 0 Å². The van der Waals surface area contributed by atoms with E-state index in [2.05, 4.69) is 5.10 Å². The van der Waals surface area contributed by atoms with E-state index in [4.69, 9.17) is 0 Å². The fourth-order valence-corrected chi connectivity index (χ4v) is 4.73. The third kappa shape index (κ3) is 4.40. The highest BCUT2D eigenvalue weighted by Crippen LogP contribution is 2.27. The molecule has 1 amide bonds. The summed E-state index contributed by atoms with van der Waals surface area (Å²) < 4.78 is 27.5. The van der Waals surface area contributed by atoms with Crippen molar-refractivity contribution >= 4 is 21.6 Å². The predicted octanol–water partition coefficient (Wildman–Crippen LogP) is 2.89. The Bertz CT molecular complexity index is 1200. The number of carbonyl (C=O) groups is 1. The van der Waals surface area contributed by atoms with Gasteiger partial charge in [0.25, 0.3) is 5.91 Å². The molecule has 4 rings (SSSR count). The zero-order valence-electron chi connectivity index (χ0n) is 17.9. The van der Waals surface area contributed by atoms with Crippen LogP contribution in [0.3, 0.4) is 0 Å². The number of aromatic nitrogens is 2. The molecule has 0 saturated carbocycles. The molecular formula is C23H26N4O3S. The number of para-hydroxylation sites is 1. The van der Waals surface area contributed by atoms with Gasteiger partial charge in [-0.05, 0) is 31.2 Å². The van der Waals surface area contributed by atoms with Crippen molar-refractivity contribution in [3.8, 4) is 0 Å². The second-order valence-corrected chi connectivity index (χ2v) is 9.92. The zero-order valence-corrected chi connectivity index (χ0v) is 18.8. The number of fused-ring (bicyclic) bond motifs is 1. The number of hydrogen-bond acceptors (Lipinski definition) is 4. The maximum Gasteiger partial charge on any atom is 0.258 e. The summed E-state index contributed by atoms with van der Waals surface area (Å²) in [6, 6.07) is 17.0. The minimum atomic E-state index is -3.30. The van der Waals surface area contributed by atoms with Gasteiger partial charge in [-0.3, -0.25) is 9.48 Å². The van der Waals surface area contributed by atoms with Crippen molar-refractivity contribution in [2.75, 3.05) is 17.7 Å². The van der Waals surface area contributed by atoms with Crippen molar-refractivity contribution in [3.05, 3.63) is 82.7 Å². The van der Waals surface area contributed by atoms with E-state index < -0.39 is 10.0 Å². The quantitative estimate of drug-likeness (QED) is 0.614. The average Bonchev–Trinajstić information content (AvgIpc) is 3.07. The standard InChI is InChI=1S/C23H26N4O3S/c1-17-9-11-18(12-10-17)23(28)27(19-7-5-4-6-8-19)16-21-20-15-26(31(3,29)30)14-13-22(20)25(2)24-21/h4-12H,13-16H2,1-3H3. The molecular weight excluding hydrogens is 412 g/mol. The fourth-order valence-electron chi connectivity index (χ4n) is 3.95. The van der Waals surface area contributed by atoms with E-state index in [-0.39, 0.29) is 19.0 Å². The normalized spacial score (nSPS) is 14.3. The predicted molar refractivity (Wildman–Crippen MR) is 120 cm³/mol. The second kappa shape index (κ2) is 8.28. The maximum absolute atomic E-state index is 13.4. The van der Waals surface area contributed by atoms with Gasteiger partial charge in [0, 0.05) is 49.1 Å². The van der Waals surface area contributed by atoms with Crippen LogP contribution >= 0.6 is 0 Å². The summed E-state index contributed by atoms with van der Waals surface area (Å²) in [6.07, 6.45) is 1.83. The lowest BCUT2D eigenvalue weighted by atomic mass is 10.1. The van der Waals surface area contributed by atoms with E-state index in [1.54, 1.807) is 4.90 Å². The van der Waals surface area contributed by atoms with E-state index >= 15 is 0 Å². The SMILES string of the molecule is Cc1ccc(C(=O)N(Cc2nn(C)c3c2CN(S(C)(=O)=O)CC3)c2ccccc2)cc1. The van der Waals surface area contributed by atoms with Crippen LogP contribution in [0.4, 0.5) is 5.69 Å². The van der Waals surface area contributed by atoms with Crippen molar-refractivity contribution in [3.63, 3.8) is 0 Å².